The lowest BCUT2D eigenvalue weighted by Crippen LogP contribution is -2.27. The van der Waals surface area contributed by atoms with Crippen molar-refractivity contribution in [3.63, 3.8) is 0 Å². The van der Waals surface area contributed by atoms with Crippen molar-refractivity contribution in [1.82, 2.24) is 5.32 Å². The summed E-state index contributed by atoms with van der Waals surface area (Å²) in [6.45, 7) is 2.29. The fourth-order valence-corrected chi connectivity index (χ4v) is 3.17. The van der Waals surface area contributed by atoms with Crippen molar-refractivity contribution in [3.05, 3.63) is 29.8 Å². The second kappa shape index (κ2) is 9.20. The minimum atomic E-state index is -0.952. The highest BCUT2D eigenvalue weighted by molar-refractivity contribution is 5.96. The summed E-state index contributed by atoms with van der Waals surface area (Å²) in [5.74, 6) is -0.402. The Kier molecular flexibility index (Phi) is 6.98. The first kappa shape index (κ1) is 19.0. The number of hydrogen-bond donors (Lipinski definition) is 3. The lowest BCUT2D eigenvalue weighted by molar-refractivity contribution is -0.136. The SMILES string of the molecule is CCC1CCC(C(=O)Nc2ccc(C(=O)NCCC(=O)O)cc2)CC1. The van der Waals surface area contributed by atoms with Gasteiger partial charge in [0.1, 0.15) is 0 Å². The standard InChI is InChI=1S/C19H26N2O4/c1-2-13-3-5-15(6-4-13)19(25)21-16-9-7-14(8-10-16)18(24)20-12-11-17(22)23/h7-10,13,15H,2-6,11-12H2,1H3,(H,20,24)(H,21,25)(H,22,23). The average molecular weight is 346 g/mol. The van der Waals surface area contributed by atoms with Gasteiger partial charge in [-0.25, -0.2) is 0 Å². The molecule has 0 atom stereocenters. The molecule has 6 heteroatoms. The van der Waals surface area contributed by atoms with Gasteiger partial charge in [0.05, 0.1) is 6.42 Å². The highest BCUT2D eigenvalue weighted by Gasteiger charge is 2.25. The lowest BCUT2D eigenvalue weighted by Gasteiger charge is -2.26. The van der Waals surface area contributed by atoms with Gasteiger partial charge in [-0.05, 0) is 55.9 Å². The van der Waals surface area contributed by atoms with Crippen LogP contribution in [0, 0.1) is 11.8 Å². The zero-order chi connectivity index (χ0) is 18.2. The molecule has 0 heterocycles. The van der Waals surface area contributed by atoms with Crippen molar-refractivity contribution in [2.45, 2.75) is 45.4 Å². The Balaban J connectivity index is 1.82. The number of carbonyl (C=O) groups is 3. The Labute approximate surface area is 148 Å². The van der Waals surface area contributed by atoms with Crippen molar-refractivity contribution in [3.8, 4) is 0 Å². The summed E-state index contributed by atoms with van der Waals surface area (Å²) in [4.78, 5) is 34.7. The largest absolute Gasteiger partial charge is 0.481 e. The van der Waals surface area contributed by atoms with E-state index in [1.165, 1.54) is 6.42 Å². The number of aliphatic carboxylic acids is 1. The molecule has 1 saturated carbocycles. The molecular formula is C19H26N2O4. The fraction of sp³-hybridized carbons (Fsp3) is 0.526. The highest BCUT2D eigenvalue weighted by atomic mass is 16.4. The number of hydrogen-bond acceptors (Lipinski definition) is 3. The Morgan fingerprint density at radius 1 is 1.08 bits per heavy atom. The van der Waals surface area contributed by atoms with Gasteiger partial charge in [-0.1, -0.05) is 13.3 Å². The van der Waals surface area contributed by atoms with Crippen molar-refractivity contribution in [1.29, 1.82) is 0 Å². The third-order valence-corrected chi connectivity index (χ3v) is 4.83. The van der Waals surface area contributed by atoms with Gasteiger partial charge in [0.2, 0.25) is 5.91 Å². The molecule has 0 bridgehead atoms. The van der Waals surface area contributed by atoms with Gasteiger partial charge >= 0.3 is 5.97 Å². The Bertz CT molecular complexity index is 604. The predicted octanol–water partition coefficient (Wildman–Crippen LogP) is 3.05. The molecular weight excluding hydrogens is 320 g/mol. The average Bonchev–Trinajstić information content (AvgIpc) is 2.62. The van der Waals surface area contributed by atoms with E-state index in [1.54, 1.807) is 24.3 Å². The summed E-state index contributed by atoms with van der Waals surface area (Å²) in [6, 6.07) is 6.64. The molecule has 6 nitrogen and oxygen atoms in total. The van der Waals surface area contributed by atoms with Crippen LogP contribution in [0.25, 0.3) is 0 Å². The van der Waals surface area contributed by atoms with Crippen LogP contribution < -0.4 is 10.6 Å². The fourth-order valence-electron chi connectivity index (χ4n) is 3.17. The number of carboxylic acid groups (broad SMARTS) is 1. The van der Waals surface area contributed by atoms with Gasteiger partial charge in [0, 0.05) is 23.7 Å². The van der Waals surface area contributed by atoms with Gasteiger partial charge in [0.15, 0.2) is 0 Å². The Hall–Kier alpha value is -2.37. The molecule has 1 aliphatic carbocycles. The number of benzene rings is 1. The molecule has 0 radical (unpaired) electrons. The zero-order valence-electron chi connectivity index (χ0n) is 14.6. The summed E-state index contributed by atoms with van der Waals surface area (Å²) in [6.07, 6.45) is 5.18. The van der Waals surface area contributed by atoms with Crippen LogP contribution in [0.4, 0.5) is 5.69 Å². The number of carbonyl (C=O) groups excluding carboxylic acids is 2. The predicted molar refractivity (Wildman–Crippen MR) is 95.4 cm³/mol. The first-order valence-electron chi connectivity index (χ1n) is 8.90. The molecule has 0 spiro atoms. The molecule has 1 aromatic rings. The van der Waals surface area contributed by atoms with Crippen molar-refractivity contribution < 1.29 is 19.5 Å². The molecule has 0 aromatic heterocycles. The molecule has 1 fully saturated rings. The van der Waals surface area contributed by atoms with E-state index in [4.69, 9.17) is 5.11 Å². The summed E-state index contributed by atoms with van der Waals surface area (Å²) >= 11 is 0. The maximum atomic E-state index is 12.3. The molecule has 0 unspecified atom stereocenters. The van der Waals surface area contributed by atoms with Crippen LogP contribution in [-0.2, 0) is 9.59 Å². The third kappa shape index (κ3) is 5.89. The molecule has 2 amide bonds. The van der Waals surface area contributed by atoms with E-state index in [2.05, 4.69) is 17.6 Å². The van der Waals surface area contributed by atoms with Crippen LogP contribution in [0.1, 0.15) is 55.8 Å². The number of carboxylic acids is 1. The molecule has 136 valence electrons. The Morgan fingerprint density at radius 3 is 2.28 bits per heavy atom. The third-order valence-electron chi connectivity index (χ3n) is 4.83. The number of anilines is 1. The number of amides is 2. The van der Waals surface area contributed by atoms with Crippen molar-refractivity contribution in [2.24, 2.45) is 11.8 Å². The van der Waals surface area contributed by atoms with Crippen molar-refractivity contribution >= 4 is 23.5 Å². The molecule has 1 aliphatic rings. The van der Waals surface area contributed by atoms with E-state index in [0.29, 0.717) is 11.3 Å². The smallest absolute Gasteiger partial charge is 0.305 e. The van der Waals surface area contributed by atoms with Gasteiger partial charge in [0.25, 0.3) is 5.91 Å². The molecule has 0 saturated heterocycles. The number of nitrogens with one attached hydrogen (secondary N) is 2. The normalized spacial score (nSPS) is 19.9. The maximum absolute atomic E-state index is 12.3. The lowest BCUT2D eigenvalue weighted by atomic mass is 9.80. The monoisotopic (exact) mass is 346 g/mol. The van der Waals surface area contributed by atoms with Gasteiger partial charge in [-0.15, -0.1) is 0 Å². The van der Waals surface area contributed by atoms with Gasteiger partial charge < -0.3 is 15.7 Å². The van der Waals surface area contributed by atoms with Crippen LogP contribution >= 0.6 is 0 Å². The first-order chi connectivity index (χ1) is 12.0. The summed E-state index contributed by atoms with van der Waals surface area (Å²) in [7, 11) is 0. The highest BCUT2D eigenvalue weighted by Crippen LogP contribution is 2.31. The van der Waals surface area contributed by atoms with Crippen LogP contribution in [0.5, 0.6) is 0 Å². The van der Waals surface area contributed by atoms with Crippen LogP contribution in [-0.4, -0.2) is 29.4 Å². The zero-order valence-corrected chi connectivity index (χ0v) is 14.6. The first-order valence-corrected chi connectivity index (χ1v) is 8.90. The van der Waals surface area contributed by atoms with E-state index >= 15 is 0 Å². The summed E-state index contributed by atoms with van der Waals surface area (Å²) < 4.78 is 0. The van der Waals surface area contributed by atoms with Crippen LogP contribution in [0.2, 0.25) is 0 Å². The molecule has 3 N–H and O–H groups in total. The topological polar surface area (TPSA) is 95.5 Å². The Morgan fingerprint density at radius 2 is 1.72 bits per heavy atom. The quantitative estimate of drug-likeness (QED) is 0.707. The maximum Gasteiger partial charge on any atom is 0.305 e. The van der Waals surface area contributed by atoms with Crippen LogP contribution in [0.15, 0.2) is 24.3 Å². The molecule has 1 aromatic carbocycles. The molecule has 25 heavy (non-hydrogen) atoms. The van der Waals surface area contributed by atoms with E-state index in [-0.39, 0.29) is 30.7 Å². The van der Waals surface area contributed by atoms with E-state index in [0.717, 1.165) is 31.6 Å². The second-order valence-corrected chi connectivity index (χ2v) is 6.59. The van der Waals surface area contributed by atoms with Crippen molar-refractivity contribution in [2.75, 3.05) is 11.9 Å². The minimum Gasteiger partial charge on any atom is -0.481 e. The molecule has 2 rings (SSSR count). The second-order valence-electron chi connectivity index (χ2n) is 6.59. The summed E-state index contributed by atoms with van der Waals surface area (Å²) in [5.41, 5.74) is 1.11. The number of rotatable bonds is 7. The van der Waals surface area contributed by atoms with Gasteiger partial charge in [-0.3, -0.25) is 14.4 Å². The molecule has 0 aliphatic heterocycles. The van der Waals surface area contributed by atoms with E-state index in [1.807, 2.05) is 0 Å². The van der Waals surface area contributed by atoms with Gasteiger partial charge in [-0.2, -0.15) is 0 Å². The van der Waals surface area contributed by atoms with Crippen LogP contribution in [0.3, 0.4) is 0 Å². The van der Waals surface area contributed by atoms with E-state index < -0.39 is 5.97 Å². The summed E-state index contributed by atoms with van der Waals surface area (Å²) in [5, 5.41) is 14.0. The van der Waals surface area contributed by atoms with E-state index in [9.17, 15) is 14.4 Å². The minimum absolute atomic E-state index is 0.0493.